The molecule has 0 radical (unpaired) electrons. The van der Waals surface area contributed by atoms with Crippen LogP contribution in [0.4, 0.5) is 13.2 Å². The first kappa shape index (κ1) is 19.2. The average molecular weight is 396 g/mol. The number of aromatic nitrogens is 3. The summed E-state index contributed by atoms with van der Waals surface area (Å²) in [5.41, 5.74) is 0.299. The van der Waals surface area contributed by atoms with Crippen molar-refractivity contribution in [3.8, 4) is 17.1 Å². The molecule has 0 saturated heterocycles. The summed E-state index contributed by atoms with van der Waals surface area (Å²) in [5, 5.41) is 8.81. The molecule has 8 heteroatoms. The smallest absolute Gasteiger partial charge is 0.192 e. The third-order valence-corrected chi connectivity index (χ3v) is 4.67. The molecule has 0 bridgehead atoms. The molecule has 1 aromatic heterocycles. The molecule has 0 fully saturated rings. The number of rotatable bonds is 4. The van der Waals surface area contributed by atoms with Crippen LogP contribution < -0.4 is 4.74 Å². The van der Waals surface area contributed by atoms with E-state index >= 15 is 0 Å². The van der Waals surface area contributed by atoms with E-state index in [0.29, 0.717) is 34.4 Å². The normalized spacial score (nSPS) is 11.7. The lowest BCUT2D eigenvalue weighted by atomic mass is 10.1. The second-order valence-electron chi connectivity index (χ2n) is 6.65. The number of aryl methyl sites for hydroxylation is 1. The molecule has 4 nitrogen and oxygen atoms in total. The van der Waals surface area contributed by atoms with Gasteiger partial charge in [-0.05, 0) is 32.4 Å². The van der Waals surface area contributed by atoms with Gasteiger partial charge in [-0.1, -0.05) is 23.7 Å². The van der Waals surface area contributed by atoms with Crippen molar-refractivity contribution >= 4 is 11.6 Å². The van der Waals surface area contributed by atoms with Gasteiger partial charge in [0.1, 0.15) is 5.82 Å². The van der Waals surface area contributed by atoms with Gasteiger partial charge >= 0.3 is 0 Å². The Labute approximate surface area is 159 Å². The predicted molar refractivity (Wildman–Crippen MR) is 96.2 cm³/mol. The lowest BCUT2D eigenvalue weighted by molar-refractivity contribution is 0.0833. The van der Waals surface area contributed by atoms with Crippen molar-refractivity contribution in [1.82, 2.24) is 14.8 Å². The predicted octanol–water partition coefficient (Wildman–Crippen LogP) is 5.18. The fraction of sp³-hybridized carbons (Fsp3) is 0.263. The fourth-order valence-electron chi connectivity index (χ4n) is 2.84. The zero-order valence-corrected chi connectivity index (χ0v) is 15.9. The van der Waals surface area contributed by atoms with Crippen LogP contribution in [0.1, 0.15) is 25.2 Å². The van der Waals surface area contributed by atoms with Gasteiger partial charge in [0.25, 0.3) is 0 Å². The quantitative estimate of drug-likeness (QED) is 0.611. The van der Waals surface area contributed by atoms with Crippen molar-refractivity contribution in [3.05, 3.63) is 64.2 Å². The van der Waals surface area contributed by atoms with Gasteiger partial charge in [-0.25, -0.2) is 13.2 Å². The molecular formula is C19H17ClF3N3O. The summed E-state index contributed by atoms with van der Waals surface area (Å²) in [4.78, 5) is 0. The molecule has 0 saturated carbocycles. The van der Waals surface area contributed by atoms with Gasteiger partial charge in [-0.15, -0.1) is 10.2 Å². The number of benzene rings is 2. The van der Waals surface area contributed by atoms with E-state index in [1.807, 2.05) is 19.1 Å². The van der Waals surface area contributed by atoms with Crippen LogP contribution in [-0.2, 0) is 12.6 Å². The van der Waals surface area contributed by atoms with Gasteiger partial charge in [-0.3, -0.25) is 0 Å². The molecule has 0 aliphatic carbocycles. The maximum Gasteiger partial charge on any atom is 0.192 e. The number of halogens is 4. The highest BCUT2D eigenvalue weighted by Gasteiger charge is 2.32. The molecule has 0 atom stereocenters. The molecule has 3 aromatic rings. The molecule has 0 aliphatic rings. The number of hydrogen-bond donors (Lipinski definition) is 0. The molecule has 0 aliphatic heterocycles. The van der Waals surface area contributed by atoms with Crippen molar-refractivity contribution in [3.63, 3.8) is 0 Å². The van der Waals surface area contributed by atoms with Gasteiger partial charge in [-0.2, -0.15) is 0 Å². The van der Waals surface area contributed by atoms with Gasteiger partial charge in [0.05, 0.1) is 5.02 Å². The van der Waals surface area contributed by atoms with E-state index in [2.05, 4.69) is 10.2 Å². The maximum absolute atomic E-state index is 14.0. The zero-order valence-electron chi connectivity index (χ0n) is 15.1. The monoisotopic (exact) mass is 395 g/mol. The van der Waals surface area contributed by atoms with E-state index in [0.717, 1.165) is 5.56 Å². The van der Waals surface area contributed by atoms with Gasteiger partial charge in [0.15, 0.2) is 34.6 Å². The van der Waals surface area contributed by atoms with Gasteiger partial charge < -0.3 is 9.30 Å². The van der Waals surface area contributed by atoms with E-state index in [9.17, 15) is 13.2 Å². The van der Waals surface area contributed by atoms with Crippen LogP contribution in [0.2, 0.25) is 5.02 Å². The zero-order chi connectivity index (χ0) is 19.9. The first-order valence-corrected chi connectivity index (χ1v) is 8.48. The van der Waals surface area contributed by atoms with Crippen molar-refractivity contribution < 1.29 is 17.9 Å². The number of ether oxygens (including phenoxy) is 1. The molecule has 0 unspecified atom stereocenters. The van der Waals surface area contributed by atoms with Crippen LogP contribution in [-0.4, -0.2) is 14.8 Å². The van der Waals surface area contributed by atoms with Crippen LogP contribution in [0.15, 0.2) is 30.3 Å². The highest BCUT2D eigenvalue weighted by molar-refractivity contribution is 6.33. The fourth-order valence-corrected chi connectivity index (χ4v) is 3.05. The molecule has 0 spiro atoms. The van der Waals surface area contributed by atoms with Crippen molar-refractivity contribution in [1.29, 1.82) is 0 Å². The lowest BCUT2D eigenvalue weighted by Crippen LogP contribution is -2.30. The Balaban J connectivity index is 2.02. The molecule has 1 heterocycles. The Morgan fingerprint density at radius 1 is 1.07 bits per heavy atom. The minimum atomic E-state index is -1.25. The largest absolute Gasteiger partial charge is 0.474 e. The molecule has 2 aromatic carbocycles. The van der Waals surface area contributed by atoms with E-state index in [-0.39, 0.29) is 0 Å². The van der Waals surface area contributed by atoms with E-state index < -0.39 is 28.8 Å². The lowest BCUT2D eigenvalue weighted by Gasteiger charge is -2.26. The van der Waals surface area contributed by atoms with E-state index in [4.69, 9.17) is 16.3 Å². The Bertz CT molecular complexity index is 994. The highest BCUT2D eigenvalue weighted by atomic mass is 35.5. The first-order valence-electron chi connectivity index (χ1n) is 8.10. The Kier molecular flexibility index (Phi) is 4.90. The molecule has 3 rings (SSSR count). The summed E-state index contributed by atoms with van der Waals surface area (Å²) in [6.45, 7) is 5.04. The SMILES string of the molecule is Cc1cccc(-c2nnc(C(C)(C)Oc3c(F)cc(F)cc3F)n2C)c1Cl. The van der Waals surface area contributed by atoms with E-state index in [1.54, 1.807) is 31.5 Å². The van der Waals surface area contributed by atoms with Gasteiger partial charge in [0, 0.05) is 24.7 Å². The van der Waals surface area contributed by atoms with Crippen LogP contribution in [0.25, 0.3) is 11.4 Å². The van der Waals surface area contributed by atoms with Crippen LogP contribution >= 0.6 is 11.6 Å². The highest BCUT2D eigenvalue weighted by Crippen LogP contribution is 2.34. The van der Waals surface area contributed by atoms with Crippen LogP contribution in [0.5, 0.6) is 5.75 Å². The second-order valence-corrected chi connectivity index (χ2v) is 7.03. The van der Waals surface area contributed by atoms with Crippen LogP contribution in [0, 0.1) is 24.4 Å². The van der Waals surface area contributed by atoms with Crippen molar-refractivity contribution in [2.75, 3.05) is 0 Å². The number of hydrogen-bond acceptors (Lipinski definition) is 3. The first-order chi connectivity index (χ1) is 12.6. The summed E-state index contributed by atoms with van der Waals surface area (Å²) in [7, 11) is 1.70. The van der Waals surface area contributed by atoms with Gasteiger partial charge in [0.2, 0.25) is 0 Å². The summed E-state index contributed by atoms with van der Waals surface area (Å²) in [6.07, 6.45) is 0. The minimum absolute atomic E-state index is 0.318. The Morgan fingerprint density at radius 2 is 1.70 bits per heavy atom. The summed E-state index contributed by atoms with van der Waals surface area (Å²) in [5.74, 6) is -3.17. The third-order valence-electron chi connectivity index (χ3n) is 4.17. The molecule has 0 N–H and O–H groups in total. The third kappa shape index (κ3) is 3.51. The molecular weight excluding hydrogens is 379 g/mol. The Morgan fingerprint density at radius 3 is 2.33 bits per heavy atom. The van der Waals surface area contributed by atoms with Crippen molar-refractivity contribution in [2.45, 2.75) is 26.4 Å². The summed E-state index contributed by atoms with van der Waals surface area (Å²) >= 11 is 6.36. The number of nitrogens with zero attached hydrogens (tertiary/aromatic N) is 3. The van der Waals surface area contributed by atoms with E-state index in [1.165, 1.54) is 0 Å². The molecule has 0 amide bonds. The summed E-state index contributed by atoms with van der Waals surface area (Å²) in [6, 6.07) is 6.63. The minimum Gasteiger partial charge on any atom is -0.474 e. The topological polar surface area (TPSA) is 39.9 Å². The maximum atomic E-state index is 14.0. The summed E-state index contributed by atoms with van der Waals surface area (Å²) < 4.78 is 48.2. The molecule has 27 heavy (non-hydrogen) atoms. The standard InChI is InChI=1S/C19H17ClF3N3O/c1-10-6-5-7-12(15(10)20)17-24-25-18(26(17)4)19(2,3)27-16-13(22)8-11(21)9-14(16)23/h5-9H,1-4H3. The molecule has 142 valence electrons. The second kappa shape index (κ2) is 6.88. The van der Waals surface area contributed by atoms with Crippen molar-refractivity contribution in [2.24, 2.45) is 7.05 Å². The Hall–Kier alpha value is -2.54. The average Bonchev–Trinajstić information content (AvgIpc) is 2.96. The van der Waals surface area contributed by atoms with Crippen LogP contribution in [0.3, 0.4) is 0 Å².